The second-order valence-electron chi connectivity index (χ2n) is 7.25. The van der Waals surface area contributed by atoms with Crippen molar-refractivity contribution < 1.29 is 13.1 Å². The van der Waals surface area contributed by atoms with Crippen LogP contribution in [-0.4, -0.2) is 21.6 Å². The molecule has 0 fully saturated rings. The quantitative estimate of drug-likeness (QED) is 0.500. The minimum atomic E-state index is -3.82. The standard InChI is InChI=1S/C19H27BF2N2/c1-6-7-8-9-10-17-18-13(2)11-15(4)23(18)20(21,22)24-16(5)12-14(3)19(17)24/h11-12H,6-10H2,1-5H3. The molecule has 0 bridgehead atoms. The average molecular weight is 332 g/mol. The maximum atomic E-state index is 15.3. The number of fused-ring (bicyclic) bond motifs is 2. The first-order valence-corrected chi connectivity index (χ1v) is 9.06. The Kier molecular flexibility index (Phi) is 4.31. The maximum Gasteiger partial charge on any atom is 0.737 e. The fourth-order valence-electron chi connectivity index (χ4n) is 4.40. The van der Waals surface area contributed by atoms with Gasteiger partial charge >= 0.3 is 6.97 Å². The van der Waals surface area contributed by atoms with Crippen molar-refractivity contribution >= 4 is 18.3 Å². The van der Waals surface area contributed by atoms with E-state index in [-0.39, 0.29) is 0 Å². The van der Waals surface area contributed by atoms with Crippen LogP contribution in [0.4, 0.5) is 8.63 Å². The van der Waals surface area contributed by atoms with E-state index < -0.39 is 6.97 Å². The molecular formula is C19H27BF2N2. The summed E-state index contributed by atoms with van der Waals surface area (Å²) in [5.74, 6) is 0. The van der Waals surface area contributed by atoms with E-state index in [1.165, 1.54) is 21.8 Å². The molecule has 0 aliphatic carbocycles. The number of aryl methyl sites for hydroxylation is 2. The highest BCUT2D eigenvalue weighted by atomic mass is 19.2. The third-order valence-electron chi connectivity index (χ3n) is 5.31. The number of hydrogen-bond acceptors (Lipinski definition) is 0. The van der Waals surface area contributed by atoms with Gasteiger partial charge in [0.05, 0.1) is 0 Å². The molecule has 0 aromatic carbocycles. The third kappa shape index (κ3) is 2.40. The fraction of sp³-hybridized carbons (Fsp3) is 0.526. The normalized spacial score (nSPS) is 18.9. The molecule has 1 aromatic heterocycles. The van der Waals surface area contributed by atoms with Crippen molar-refractivity contribution in [1.29, 1.82) is 0 Å². The zero-order chi connectivity index (χ0) is 17.6. The summed E-state index contributed by atoms with van der Waals surface area (Å²) in [4.78, 5) is 0. The Balaban J connectivity index is 2.18. The van der Waals surface area contributed by atoms with Gasteiger partial charge in [-0.2, -0.15) is 0 Å². The van der Waals surface area contributed by atoms with E-state index in [0.29, 0.717) is 11.4 Å². The number of rotatable bonds is 5. The second kappa shape index (κ2) is 6.01. The summed E-state index contributed by atoms with van der Waals surface area (Å²) in [6.45, 7) is 5.86. The van der Waals surface area contributed by atoms with Gasteiger partial charge < -0.3 is 17.6 Å². The predicted octanol–water partition coefficient (Wildman–Crippen LogP) is 5.46. The predicted molar refractivity (Wildman–Crippen MR) is 97.7 cm³/mol. The van der Waals surface area contributed by atoms with Crippen molar-refractivity contribution in [1.82, 2.24) is 4.48 Å². The number of aromatic nitrogens is 1. The molecule has 0 spiro atoms. The summed E-state index contributed by atoms with van der Waals surface area (Å²) in [6, 6.07) is 1.90. The molecule has 0 amide bonds. The van der Waals surface area contributed by atoms with Gasteiger partial charge in [0.15, 0.2) is 5.70 Å². The van der Waals surface area contributed by atoms with Crippen molar-refractivity contribution in [2.24, 2.45) is 0 Å². The lowest BCUT2D eigenvalue weighted by Crippen LogP contribution is -2.51. The van der Waals surface area contributed by atoms with E-state index in [1.807, 2.05) is 26.0 Å². The number of unbranched alkanes of at least 4 members (excludes halogenated alkanes) is 3. The number of nitrogens with zero attached hydrogens (tertiary/aromatic N) is 2. The van der Waals surface area contributed by atoms with E-state index in [1.54, 1.807) is 13.8 Å². The van der Waals surface area contributed by atoms with E-state index in [4.69, 9.17) is 0 Å². The van der Waals surface area contributed by atoms with Gasteiger partial charge in [-0.1, -0.05) is 26.2 Å². The molecule has 0 unspecified atom stereocenters. The van der Waals surface area contributed by atoms with Gasteiger partial charge in [0, 0.05) is 29.8 Å². The van der Waals surface area contributed by atoms with Crippen LogP contribution >= 0.6 is 0 Å². The van der Waals surface area contributed by atoms with E-state index >= 15 is 8.63 Å². The molecule has 1 aromatic rings. The summed E-state index contributed by atoms with van der Waals surface area (Å²) in [6.07, 6.45) is 7.34. The third-order valence-corrected chi connectivity index (χ3v) is 5.31. The topological polar surface area (TPSA) is 7.94 Å². The Bertz CT molecular complexity index is 782. The van der Waals surface area contributed by atoms with Crippen LogP contribution in [-0.2, 0) is 0 Å². The molecule has 2 aliphatic rings. The monoisotopic (exact) mass is 332 g/mol. The molecule has 130 valence electrons. The van der Waals surface area contributed by atoms with Gasteiger partial charge in [0.1, 0.15) is 5.71 Å². The van der Waals surface area contributed by atoms with Crippen LogP contribution in [0.25, 0.3) is 5.57 Å². The largest absolute Gasteiger partial charge is 0.737 e. The minimum absolute atomic E-state index is 0.648. The molecule has 2 nitrogen and oxygen atoms in total. The van der Waals surface area contributed by atoms with Crippen LogP contribution in [0.3, 0.4) is 0 Å². The molecule has 0 atom stereocenters. The van der Waals surface area contributed by atoms with E-state index in [0.717, 1.165) is 47.4 Å². The van der Waals surface area contributed by atoms with Crippen molar-refractivity contribution in [2.75, 3.05) is 0 Å². The molecule has 0 saturated heterocycles. The minimum Gasteiger partial charge on any atom is -0.394 e. The average Bonchev–Trinajstić information content (AvgIpc) is 2.96. The molecule has 3 rings (SSSR count). The Labute approximate surface area is 143 Å². The van der Waals surface area contributed by atoms with E-state index in [2.05, 4.69) is 6.92 Å². The lowest BCUT2D eigenvalue weighted by atomic mass is 9.84. The molecule has 5 heteroatoms. The SMILES string of the molecule is CCCCCCC1=C2C(C)=CC(C)=[N+]2[B-](F)(F)n2c(C)cc(C)c21. The van der Waals surface area contributed by atoms with Crippen LogP contribution in [0.15, 0.2) is 23.4 Å². The lowest BCUT2D eigenvalue weighted by molar-refractivity contribution is -0.363. The first-order valence-electron chi connectivity index (χ1n) is 9.06. The molecular weight excluding hydrogens is 305 g/mol. The van der Waals surface area contributed by atoms with Crippen molar-refractivity contribution in [3.63, 3.8) is 0 Å². The van der Waals surface area contributed by atoms with Crippen LogP contribution in [0.1, 0.15) is 69.8 Å². The maximum absolute atomic E-state index is 15.3. The van der Waals surface area contributed by atoms with Gasteiger partial charge in [-0.15, -0.1) is 0 Å². The first-order chi connectivity index (χ1) is 11.3. The van der Waals surface area contributed by atoms with Crippen LogP contribution in [0, 0.1) is 13.8 Å². The van der Waals surface area contributed by atoms with Crippen molar-refractivity contribution in [2.45, 2.75) is 66.7 Å². The summed E-state index contributed by atoms with van der Waals surface area (Å²) in [7, 11) is 0. The molecule has 3 heterocycles. The summed E-state index contributed by atoms with van der Waals surface area (Å²) in [5.41, 5.74) is 5.82. The zero-order valence-electron chi connectivity index (χ0n) is 15.4. The lowest BCUT2D eigenvalue weighted by Gasteiger charge is -2.34. The Morgan fingerprint density at radius 3 is 2.46 bits per heavy atom. The zero-order valence-corrected chi connectivity index (χ0v) is 15.4. The first kappa shape index (κ1) is 17.2. The van der Waals surface area contributed by atoms with Gasteiger partial charge in [0.25, 0.3) is 0 Å². The van der Waals surface area contributed by atoms with Crippen molar-refractivity contribution in [3.8, 4) is 0 Å². The van der Waals surface area contributed by atoms with Crippen LogP contribution in [0.2, 0.25) is 0 Å². The Morgan fingerprint density at radius 2 is 1.79 bits per heavy atom. The smallest absolute Gasteiger partial charge is 0.394 e. The van der Waals surface area contributed by atoms with Crippen LogP contribution in [0.5, 0.6) is 0 Å². The Hall–Kier alpha value is -1.65. The molecule has 0 N–H and O–H groups in total. The highest BCUT2D eigenvalue weighted by molar-refractivity contribution is 6.58. The number of halogens is 2. The highest BCUT2D eigenvalue weighted by Crippen LogP contribution is 2.43. The summed E-state index contributed by atoms with van der Waals surface area (Å²) in [5, 5.41) is 0. The second-order valence-corrected chi connectivity index (χ2v) is 7.25. The Morgan fingerprint density at radius 1 is 1.08 bits per heavy atom. The summed E-state index contributed by atoms with van der Waals surface area (Å²) < 4.78 is 33.3. The number of allylic oxidation sites excluding steroid dienone is 3. The summed E-state index contributed by atoms with van der Waals surface area (Å²) >= 11 is 0. The molecule has 24 heavy (non-hydrogen) atoms. The van der Waals surface area contributed by atoms with Gasteiger partial charge in [0.2, 0.25) is 0 Å². The molecule has 2 aliphatic heterocycles. The number of hydrogen-bond donors (Lipinski definition) is 0. The van der Waals surface area contributed by atoms with Crippen molar-refractivity contribution in [3.05, 3.63) is 40.4 Å². The highest BCUT2D eigenvalue weighted by Gasteiger charge is 2.54. The fourth-order valence-corrected chi connectivity index (χ4v) is 4.40. The van der Waals surface area contributed by atoms with Gasteiger partial charge in [-0.25, -0.2) is 0 Å². The van der Waals surface area contributed by atoms with Crippen LogP contribution < -0.4 is 0 Å². The molecule has 0 radical (unpaired) electrons. The van der Waals surface area contributed by atoms with Gasteiger partial charge in [-0.3, -0.25) is 0 Å². The van der Waals surface area contributed by atoms with Gasteiger partial charge in [-0.05, 0) is 50.9 Å². The van der Waals surface area contributed by atoms with E-state index in [9.17, 15) is 0 Å². The molecule has 0 saturated carbocycles.